The molecule has 0 bridgehead atoms. The Balaban J connectivity index is 0.684. The van der Waals surface area contributed by atoms with Crippen molar-refractivity contribution >= 4 is 89.8 Å². The van der Waals surface area contributed by atoms with E-state index in [2.05, 4.69) is 396 Å². The van der Waals surface area contributed by atoms with Gasteiger partial charge in [0.25, 0.3) is 0 Å². The molecule has 4 nitrogen and oxygen atoms in total. The summed E-state index contributed by atoms with van der Waals surface area (Å²) >= 11 is 0. The van der Waals surface area contributed by atoms with Gasteiger partial charge in [0.05, 0.1) is 11.4 Å². The average Bonchev–Trinajstić information content (AvgIpc) is 1.45. The number of benzene rings is 16. The molecule has 518 valence electrons. The highest BCUT2D eigenvalue weighted by Gasteiger charge is 2.45. The SMILES string of the molecule is c1ccc(N(c2ccccc2)c2ccc(N(c3ccc(-c4ccc(N(c5ccc(N(c6ccccc6)c6ccccc6)cc5)c5ccc(-c6ccc7c(c6)C6(CCCCC6)c6ccccc6-7)c6ccccc56)cc4)cc3)c3ccc(-c4ccc5c(c4)C4(CCCCC4)c4ccccc4-5)c4ccccc34)cc2)cc1. The Bertz CT molecular complexity index is 5530. The molecule has 0 aliphatic heterocycles. The molecule has 4 aliphatic rings. The topological polar surface area (TPSA) is 13.0 Å². The molecule has 0 aromatic heterocycles. The summed E-state index contributed by atoms with van der Waals surface area (Å²) in [4.78, 5) is 9.60. The van der Waals surface area contributed by atoms with Gasteiger partial charge in [-0.05, 0) is 260 Å². The molecule has 0 heterocycles. The van der Waals surface area contributed by atoms with Crippen LogP contribution in [0.5, 0.6) is 0 Å². The number of para-hydroxylation sites is 4. The van der Waals surface area contributed by atoms with E-state index in [1.807, 2.05) is 0 Å². The molecule has 4 heteroatoms. The van der Waals surface area contributed by atoms with Crippen LogP contribution in [0.4, 0.5) is 68.2 Å². The summed E-state index contributed by atoms with van der Waals surface area (Å²) in [6, 6.07) is 140. The molecule has 0 unspecified atom stereocenters. The third kappa shape index (κ3) is 11.1. The van der Waals surface area contributed by atoms with Crippen molar-refractivity contribution in [3.63, 3.8) is 0 Å². The molecule has 2 saturated carbocycles. The lowest BCUT2D eigenvalue weighted by molar-refractivity contribution is 0.353. The van der Waals surface area contributed by atoms with Gasteiger partial charge in [0.1, 0.15) is 0 Å². The van der Waals surface area contributed by atoms with Crippen molar-refractivity contribution in [2.45, 2.75) is 75.0 Å². The van der Waals surface area contributed by atoms with Crippen molar-refractivity contribution < 1.29 is 0 Å². The summed E-state index contributed by atoms with van der Waals surface area (Å²) in [7, 11) is 0. The van der Waals surface area contributed by atoms with Gasteiger partial charge in [-0.25, -0.2) is 0 Å². The van der Waals surface area contributed by atoms with Crippen LogP contribution < -0.4 is 19.6 Å². The quantitative estimate of drug-likeness (QED) is 0.101. The molecule has 0 saturated heterocycles. The van der Waals surface area contributed by atoms with Gasteiger partial charge in [-0.15, -0.1) is 0 Å². The zero-order chi connectivity index (χ0) is 71.5. The van der Waals surface area contributed by atoms with E-state index in [-0.39, 0.29) is 10.8 Å². The van der Waals surface area contributed by atoms with E-state index in [9.17, 15) is 0 Å². The zero-order valence-corrected chi connectivity index (χ0v) is 60.7. The summed E-state index contributed by atoms with van der Waals surface area (Å²) in [5, 5.41) is 4.85. The first-order chi connectivity index (χ1) is 53.5. The third-order valence-corrected chi connectivity index (χ3v) is 24.2. The summed E-state index contributed by atoms with van der Waals surface area (Å²) in [6.45, 7) is 0. The molecule has 20 rings (SSSR count). The van der Waals surface area contributed by atoms with Crippen molar-refractivity contribution in [2.75, 3.05) is 19.6 Å². The van der Waals surface area contributed by atoms with Crippen LogP contribution in [-0.4, -0.2) is 0 Å². The van der Waals surface area contributed by atoms with Crippen LogP contribution >= 0.6 is 0 Å². The Morgan fingerprint density at radius 2 is 0.417 bits per heavy atom. The summed E-state index contributed by atoms with van der Waals surface area (Å²) in [6.07, 6.45) is 12.5. The molecule has 2 spiro atoms. The Morgan fingerprint density at radius 1 is 0.167 bits per heavy atom. The second-order valence-electron chi connectivity index (χ2n) is 30.1. The Hall–Kier alpha value is -12.8. The highest BCUT2D eigenvalue weighted by Crippen LogP contribution is 2.59. The predicted octanol–water partition coefficient (Wildman–Crippen LogP) is 29.3. The van der Waals surface area contributed by atoms with E-state index in [1.54, 1.807) is 0 Å². The van der Waals surface area contributed by atoms with E-state index in [4.69, 9.17) is 0 Å². The van der Waals surface area contributed by atoms with Crippen molar-refractivity contribution in [1.29, 1.82) is 0 Å². The van der Waals surface area contributed by atoms with Crippen LogP contribution in [-0.2, 0) is 10.8 Å². The Kier molecular flexibility index (Phi) is 16.4. The summed E-state index contributed by atoms with van der Waals surface area (Å²) in [5.74, 6) is 0. The fraction of sp³-hybridized carbons (Fsp3) is 0.115. The van der Waals surface area contributed by atoms with Crippen molar-refractivity contribution in [1.82, 2.24) is 0 Å². The Morgan fingerprint density at radius 3 is 0.759 bits per heavy atom. The van der Waals surface area contributed by atoms with E-state index in [0.717, 1.165) is 79.4 Å². The highest BCUT2D eigenvalue weighted by molar-refractivity contribution is 6.09. The standard InChI is InChI=1S/C104H82N4/c1-7-27-77(28-8-1)105(78-29-9-2-10-30-78)81-53-57-85(58-54-81)107(101-65-63-87(89-35-15-17-39-95(89)101)75-47-61-93-91-37-19-21-41-97(91)103(99(93)71-75)67-23-5-24-68-103)83-49-43-73(44-50-83)74-45-51-84(52-46-74)108(86-59-55-82(56-60-86)106(79-31-11-3-12-32-79)80-33-13-4-14-34-80)102-66-64-88(90-36-16-18-40-96(90)102)76-48-62-94-92-38-20-22-42-98(92)104(100(94)72-76)69-25-6-26-70-104/h1-4,7-22,27-66,71-72H,5-6,23-26,67-70H2. The van der Waals surface area contributed by atoms with Crippen LogP contribution in [0.25, 0.3) is 77.2 Å². The fourth-order valence-corrected chi connectivity index (χ4v) is 19.3. The number of anilines is 12. The minimum absolute atomic E-state index is 0.0619. The molecular weight excluding hydrogens is 1310 g/mol. The Labute approximate surface area is 634 Å². The maximum Gasteiger partial charge on any atom is 0.0540 e. The van der Waals surface area contributed by atoms with Gasteiger partial charge >= 0.3 is 0 Å². The number of rotatable bonds is 15. The normalized spacial score (nSPS) is 14.3. The van der Waals surface area contributed by atoms with Gasteiger partial charge in [0.2, 0.25) is 0 Å². The van der Waals surface area contributed by atoms with Gasteiger partial charge < -0.3 is 19.6 Å². The largest absolute Gasteiger partial charge is 0.311 e. The molecular formula is C104H82N4. The minimum Gasteiger partial charge on any atom is -0.311 e. The van der Waals surface area contributed by atoms with Crippen LogP contribution in [0.3, 0.4) is 0 Å². The van der Waals surface area contributed by atoms with Gasteiger partial charge in [-0.1, -0.05) is 269 Å². The number of nitrogens with zero attached hydrogens (tertiary/aromatic N) is 4. The second-order valence-corrected chi connectivity index (χ2v) is 30.1. The molecule has 0 amide bonds. The molecule has 2 fully saturated rings. The molecule has 0 N–H and O–H groups in total. The zero-order valence-electron chi connectivity index (χ0n) is 60.7. The maximum absolute atomic E-state index is 2.56. The van der Waals surface area contributed by atoms with Gasteiger partial charge in [0.15, 0.2) is 0 Å². The van der Waals surface area contributed by atoms with E-state index in [1.165, 1.54) is 153 Å². The number of hydrogen-bond acceptors (Lipinski definition) is 4. The lowest BCUT2D eigenvalue weighted by Gasteiger charge is -2.36. The smallest absolute Gasteiger partial charge is 0.0540 e. The monoisotopic (exact) mass is 1390 g/mol. The van der Waals surface area contributed by atoms with E-state index in [0.29, 0.717) is 0 Å². The van der Waals surface area contributed by atoms with Gasteiger partial charge in [-0.2, -0.15) is 0 Å². The second kappa shape index (κ2) is 27.3. The van der Waals surface area contributed by atoms with Gasteiger partial charge in [0, 0.05) is 78.5 Å². The van der Waals surface area contributed by atoms with Crippen LogP contribution in [0.2, 0.25) is 0 Å². The molecule has 108 heavy (non-hydrogen) atoms. The lowest BCUT2D eigenvalue weighted by Crippen LogP contribution is -2.28. The number of hydrogen-bond donors (Lipinski definition) is 0. The molecule has 0 atom stereocenters. The van der Waals surface area contributed by atoms with E-state index >= 15 is 0 Å². The van der Waals surface area contributed by atoms with Gasteiger partial charge in [-0.3, -0.25) is 0 Å². The van der Waals surface area contributed by atoms with E-state index < -0.39 is 0 Å². The minimum atomic E-state index is 0.0619. The first kappa shape index (κ1) is 64.8. The molecule has 16 aromatic rings. The number of fused-ring (bicyclic) bond motifs is 12. The highest BCUT2D eigenvalue weighted by atomic mass is 15.2. The molecule has 0 radical (unpaired) electrons. The van der Waals surface area contributed by atoms with Crippen LogP contribution in [0, 0.1) is 0 Å². The summed E-state index contributed by atoms with van der Waals surface area (Å²) in [5.41, 5.74) is 32.2. The predicted molar refractivity (Wildman–Crippen MR) is 455 cm³/mol. The van der Waals surface area contributed by atoms with Crippen molar-refractivity contribution in [3.05, 3.63) is 398 Å². The first-order valence-electron chi connectivity index (χ1n) is 38.9. The fourth-order valence-electron chi connectivity index (χ4n) is 19.3. The lowest BCUT2D eigenvalue weighted by atomic mass is 9.67. The van der Waals surface area contributed by atoms with Crippen molar-refractivity contribution in [3.8, 4) is 55.6 Å². The molecule has 4 aliphatic carbocycles. The average molecular weight is 1390 g/mol. The van der Waals surface area contributed by atoms with Crippen LogP contribution in [0.1, 0.15) is 86.5 Å². The van der Waals surface area contributed by atoms with Crippen molar-refractivity contribution in [2.24, 2.45) is 0 Å². The molecule has 16 aromatic carbocycles. The first-order valence-corrected chi connectivity index (χ1v) is 38.9. The summed E-state index contributed by atoms with van der Waals surface area (Å²) < 4.78 is 0. The third-order valence-electron chi connectivity index (χ3n) is 24.2. The maximum atomic E-state index is 2.56. The van der Waals surface area contributed by atoms with Crippen LogP contribution in [0.15, 0.2) is 376 Å².